The first-order valence-electron chi connectivity index (χ1n) is 5.67. The summed E-state index contributed by atoms with van der Waals surface area (Å²) in [6, 6.07) is 0. The van der Waals surface area contributed by atoms with Crippen molar-refractivity contribution in [3.05, 3.63) is 0 Å². The van der Waals surface area contributed by atoms with Gasteiger partial charge in [-0.1, -0.05) is 0 Å². The van der Waals surface area contributed by atoms with Gasteiger partial charge in [0.25, 0.3) is 0 Å². The van der Waals surface area contributed by atoms with Gasteiger partial charge in [-0.3, -0.25) is 0 Å². The predicted molar refractivity (Wildman–Crippen MR) is 44.6 cm³/mol. The summed E-state index contributed by atoms with van der Waals surface area (Å²) in [7, 11) is 0. The Bertz CT molecular complexity index is 281. The zero-order chi connectivity index (χ0) is 8.48. The van der Waals surface area contributed by atoms with E-state index in [-0.39, 0.29) is 12.2 Å². The molecule has 0 unspecified atom stereocenters. The molecule has 5 rings (SSSR count). The van der Waals surface area contributed by atoms with E-state index in [1.807, 2.05) is 0 Å². The van der Waals surface area contributed by atoms with Crippen LogP contribution in [0.4, 0.5) is 0 Å². The Kier molecular flexibility index (Phi) is 0.733. The van der Waals surface area contributed by atoms with Crippen molar-refractivity contribution in [1.29, 1.82) is 0 Å². The van der Waals surface area contributed by atoms with E-state index in [2.05, 4.69) is 0 Å². The Morgan fingerprint density at radius 2 is 1.08 bits per heavy atom. The molecule has 0 aromatic carbocycles. The average molecular weight is 178 g/mol. The van der Waals surface area contributed by atoms with E-state index in [1.165, 1.54) is 6.42 Å². The molecule has 0 amide bonds. The molecule has 5 aliphatic carbocycles. The second-order valence-corrected chi connectivity index (χ2v) is 6.01. The minimum absolute atomic E-state index is 0.0304. The molecule has 5 fully saturated rings. The fraction of sp³-hybridized carbons (Fsp3) is 1.00. The van der Waals surface area contributed by atoms with Crippen LogP contribution < -0.4 is 0 Å². The molecule has 0 heterocycles. The lowest BCUT2D eigenvalue weighted by molar-refractivity contribution is -0.109. The molecule has 2 nitrogen and oxygen atoms in total. The highest BCUT2D eigenvalue weighted by Crippen LogP contribution is 2.82. The molecule has 0 aromatic rings. The van der Waals surface area contributed by atoms with Crippen molar-refractivity contribution >= 4 is 0 Å². The summed E-state index contributed by atoms with van der Waals surface area (Å²) in [6.07, 6.45) is 1.28. The second kappa shape index (κ2) is 1.49. The summed E-state index contributed by atoms with van der Waals surface area (Å²) in [5.41, 5.74) is 0. The zero-order valence-electron chi connectivity index (χ0n) is 7.38. The quantitative estimate of drug-likeness (QED) is 0.552. The van der Waals surface area contributed by atoms with Gasteiger partial charge in [-0.05, 0) is 53.8 Å². The van der Waals surface area contributed by atoms with Crippen LogP contribution in [0.15, 0.2) is 0 Å². The van der Waals surface area contributed by atoms with Gasteiger partial charge in [-0.25, -0.2) is 0 Å². The first-order chi connectivity index (χ1) is 6.30. The summed E-state index contributed by atoms with van der Waals surface area (Å²) in [5, 5.41) is 20.2. The molecule has 10 atom stereocenters. The Labute approximate surface area is 76.9 Å². The van der Waals surface area contributed by atoms with Crippen LogP contribution in [0, 0.1) is 47.3 Å². The maximum Gasteiger partial charge on any atom is 0.0609 e. The Morgan fingerprint density at radius 1 is 0.615 bits per heavy atom. The maximum atomic E-state index is 10.1. The van der Waals surface area contributed by atoms with Gasteiger partial charge < -0.3 is 10.2 Å². The summed E-state index contributed by atoms with van der Waals surface area (Å²) in [4.78, 5) is 0. The zero-order valence-corrected chi connectivity index (χ0v) is 7.38. The van der Waals surface area contributed by atoms with Crippen molar-refractivity contribution in [2.45, 2.75) is 18.6 Å². The second-order valence-electron chi connectivity index (χ2n) is 6.01. The summed E-state index contributed by atoms with van der Waals surface area (Å²) in [5.74, 6) is 5.33. The lowest BCUT2D eigenvalue weighted by atomic mass is 9.58. The highest BCUT2D eigenvalue weighted by Gasteiger charge is 2.83. The van der Waals surface area contributed by atoms with E-state index in [0.717, 1.165) is 23.7 Å². The lowest BCUT2D eigenvalue weighted by Gasteiger charge is -2.47. The van der Waals surface area contributed by atoms with Crippen LogP contribution in [0.1, 0.15) is 6.42 Å². The van der Waals surface area contributed by atoms with E-state index in [4.69, 9.17) is 0 Å². The third-order valence-corrected chi connectivity index (χ3v) is 6.32. The molecule has 13 heavy (non-hydrogen) atoms. The molecule has 0 radical (unpaired) electrons. The molecule has 0 spiro atoms. The Hall–Kier alpha value is -0.0800. The average Bonchev–Trinajstić information content (AvgIpc) is 2.52. The molecule has 70 valence electrons. The van der Waals surface area contributed by atoms with Crippen LogP contribution in [0.2, 0.25) is 0 Å². The molecule has 0 aliphatic heterocycles. The SMILES string of the molecule is O[C@@H]1[C@@H]2[C@@H]3[C@H](O)[C@H]4[C@H]5C[C@H]([C@@H]2[C@H]53)[C@@H]14. The molecule has 2 heteroatoms. The van der Waals surface area contributed by atoms with Crippen molar-refractivity contribution in [2.75, 3.05) is 0 Å². The van der Waals surface area contributed by atoms with E-state index in [9.17, 15) is 10.2 Å². The molecule has 2 bridgehead atoms. The minimum atomic E-state index is -0.0304. The number of hydrogen-bond acceptors (Lipinski definition) is 2. The topological polar surface area (TPSA) is 40.5 Å². The van der Waals surface area contributed by atoms with Crippen LogP contribution in [-0.2, 0) is 0 Å². The van der Waals surface area contributed by atoms with Crippen molar-refractivity contribution < 1.29 is 10.2 Å². The van der Waals surface area contributed by atoms with Crippen molar-refractivity contribution in [3.63, 3.8) is 0 Å². The highest BCUT2D eigenvalue weighted by atomic mass is 16.3. The summed E-state index contributed by atoms with van der Waals surface area (Å²) >= 11 is 0. The third-order valence-electron chi connectivity index (χ3n) is 6.32. The molecular weight excluding hydrogens is 164 g/mol. The lowest BCUT2D eigenvalue weighted by Crippen LogP contribution is -2.51. The Morgan fingerprint density at radius 3 is 1.54 bits per heavy atom. The van der Waals surface area contributed by atoms with Crippen LogP contribution in [-0.4, -0.2) is 22.4 Å². The van der Waals surface area contributed by atoms with Crippen molar-refractivity contribution in [2.24, 2.45) is 47.3 Å². The molecule has 5 saturated carbocycles. The number of rotatable bonds is 0. The molecule has 5 aliphatic rings. The standard InChI is InChI=1S/C11H14O2/c12-10-6-2-1-3-5-4(2)8(10)9(5)11(13)7(3)6/h2-13H,1H2/t2-,3+,4-,5+,6-,7+,8+,9-,10+,11-. The van der Waals surface area contributed by atoms with E-state index < -0.39 is 0 Å². The number of aliphatic hydroxyl groups is 2. The smallest absolute Gasteiger partial charge is 0.0609 e. The van der Waals surface area contributed by atoms with Gasteiger partial charge in [0.1, 0.15) is 0 Å². The van der Waals surface area contributed by atoms with E-state index >= 15 is 0 Å². The highest BCUT2D eigenvalue weighted by molar-refractivity contribution is 5.30. The fourth-order valence-corrected chi connectivity index (χ4v) is 6.44. The number of fused-ring (bicyclic) bond motifs is 2. The summed E-state index contributed by atoms with van der Waals surface area (Å²) < 4.78 is 0. The molecule has 0 saturated heterocycles. The number of aliphatic hydroxyl groups excluding tert-OH is 2. The van der Waals surface area contributed by atoms with Gasteiger partial charge in [-0.15, -0.1) is 0 Å². The van der Waals surface area contributed by atoms with Gasteiger partial charge >= 0.3 is 0 Å². The fourth-order valence-electron chi connectivity index (χ4n) is 6.44. The van der Waals surface area contributed by atoms with Gasteiger partial charge in [0.2, 0.25) is 0 Å². The van der Waals surface area contributed by atoms with Crippen LogP contribution in [0.25, 0.3) is 0 Å². The van der Waals surface area contributed by atoms with Gasteiger partial charge in [0.05, 0.1) is 12.2 Å². The van der Waals surface area contributed by atoms with Crippen LogP contribution in [0.3, 0.4) is 0 Å². The molecule has 0 aromatic heterocycles. The van der Waals surface area contributed by atoms with Crippen LogP contribution >= 0.6 is 0 Å². The van der Waals surface area contributed by atoms with Crippen LogP contribution in [0.5, 0.6) is 0 Å². The Balaban J connectivity index is 1.83. The maximum absolute atomic E-state index is 10.1. The monoisotopic (exact) mass is 178 g/mol. The first kappa shape index (κ1) is 6.41. The van der Waals surface area contributed by atoms with E-state index in [1.54, 1.807) is 0 Å². The van der Waals surface area contributed by atoms with Gasteiger partial charge in [0, 0.05) is 0 Å². The molecular formula is C11H14O2. The largest absolute Gasteiger partial charge is 0.393 e. The van der Waals surface area contributed by atoms with Gasteiger partial charge in [0.15, 0.2) is 0 Å². The first-order valence-corrected chi connectivity index (χ1v) is 5.67. The molecule has 2 N–H and O–H groups in total. The van der Waals surface area contributed by atoms with E-state index in [0.29, 0.717) is 23.7 Å². The minimum Gasteiger partial charge on any atom is -0.393 e. The summed E-state index contributed by atoms with van der Waals surface area (Å²) in [6.45, 7) is 0. The van der Waals surface area contributed by atoms with Crippen molar-refractivity contribution in [1.82, 2.24) is 0 Å². The predicted octanol–water partition coefficient (Wildman–Crippen LogP) is 0.0959. The van der Waals surface area contributed by atoms with Gasteiger partial charge in [-0.2, -0.15) is 0 Å². The normalized spacial score (nSPS) is 85.4. The van der Waals surface area contributed by atoms with Crippen molar-refractivity contribution in [3.8, 4) is 0 Å². The third kappa shape index (κ3) is 0.375. The number of hydrogen-bond donors (Lipinski definition) is 2.